The van der Waals surface area contributed by atoms with E-state index in [-0.39, 0.29) is 5.41 Å². The van der Waals surface area contributed by atoms with E-state index in [4.69, 9.17) is 14.2 Å². The summed E-state index contributed by atoms with van der Waals surface area (Å²) >= 11 is 0. The molecule has 2 fully saturated rings. The Morgan fingerprint density at radius 3 is 2.57 bits per heavy atom. The maximum absolute atomic E-state index is 5.69. The van der Waals surface area contributed by atoms with Crippen molar-refractivity contribution in [2.45, 2.75) is 38.5 Å². The lowest BCUT2D eigenvalue weighted by Crippen LogP contribution is -2.52. The molecule has 3 aliphatic rings. The van der Waals surface area contributed by atoms with Crippen molar-refractivity contribution < 1.29 is 14.2 Å². The number of piperidine rings is 1. The highest BCUT2D eigenvalue weighted by molar-refractivity contribution is 5.80. The molecule has 2 saturated heterocycles. The van der Waals surface area contributed by atoms with E-state index in [1.165, 1.54) is 12.0 Å². The van der Waals surface area contributed by atoms with E-state index >= 15 is 0 Å². The summed E-state index contributed by atoms with van der Waals surface area (Å²) in [7, 11) is 1.89. The molecule has 1 aromatic rings. The Labute approximate surface area is 168 Å². The summed E-state index contributed by atoms with van der Waals surface area (Å²) in [6.45, 7) is 9.55. The van der Waals surface area contributed by atoms with Gasteiger partial charge in [0.1, 0.15) is 0 Å². The molecule has 0 aliphatic carbocycles. The van der Waals surface area contributed by atoms with Crippen LogP contribution in [0.25, 0.3) is 0 Å². The van der Waals surface area contributed by atoms with Crippen molar-refractivity contribution in [1.82, 2.24) is 10.2 Å². The lowest BCUT2D eigenvalue weighted by molar-refractivity contribution is 0.0509. The molecule has 4 rings (SSSR count). The number of nitrogens with one attached hydrogen (secondary N) is 1. The number of fused-ring (bicyclic) bond motifs is 1. The first-order valence-corrected chi connectivity index (χ1v) is 10.5. The zero-order valence-corrected chi connectivity index (χ0v) is 17.4. The molecule has 0 bridgehead atoms. The van der Waals surface area contributed by atoms with Gasteiger partial charge < -0.3 is 24.4 Å². The van der Waals surface area contributed by atoms with E-state index in [2.05, 4.69) is 41.2 Å². The van der Waals surface area contributed by atoms with Gasteiger partial charge in [0.15, 0.2) is 17.5 Å². The minimum Gasteiger partial charge on any atom is -0.454 e. The monoisotopic (exact) mass is 387 g/mol. The molecule has 2 atom stereocenters. The summed E-state index contributed by atoms with van der Waals surface area (Å²) in [5.41, 5.74) is 1.31. The van der Waals surface area contributed by atoms with Crippen LogP contribution in [0.3, 0.4) is 0 Å². The number of aliphatic imine (C=N–C) groups is 1. The Hall–Kier alpha value is -1.95. The SMILES string of the molecule is CN=C(NCC1(c2ccc3c(c2)OCO3)CCOCC1)N1CC(C)CC(C)C1. The maximum atomic E-state index is 5.69. The zero-order valence-electron chi connectivity index (χ0n) is 17.4. The molecule has 3 aliphatic heterocycles. The number of ether oxygens (including phenoxy) is 3. The van der Waals surface area contributed by atoms with Crippen molar-refractivity contribution in [3.63, 3.8) is 0 Å². The van der Waals surface area contributed by atoms with Crippen LogP contribution in [-0.2, 0) is 10.2 Å². The largest absolute Gasteiger partial charge is 0.454 e. The van der Waals surface area contributed by atoms with Gasteiger partial charge >= 0.3 is 0 Å². The summed E-state index contributed by atoms with van der Waals surface area (Å²) in [6, 6.07) is 6.38. The first-order chi connectivity index (χ1) is 13.6. The predicted molar refractivity (Wildman–Crippen MR) is 110 cm³/mol. The molecule has 2 unspecified atom stereocenters. The van der Waals surface area contributed by atoms with Gasteiger partial charge in [-0.2, -0.15) is 0 Å². The van der Waals surface area contributed by atoms with Crippen LogP contribution in [-0.4, -0.2) is 57.5 Å². The van der Waals surface area contributed by atoms with Gasteiger partial charge in [-0.25, -0.2) is 0 Å². The molecule has 28 heavy (non-hydrogen) atoms. The molecule has 154 valence electrons. The summed E-state index contributed by atoms with van der Waals surface area (Å²) in [5.74, 6) is 4.11. The molecular formula is C22H33N3O3. The standard InChI is InChI=1S/C22H33N3O3/c1-16-10-17(2)13-25(12-16)21(23-3)24-14-22(6-8-26-9-7-22)18-4-5-19-20(11-18)28-15-27-19/h4-5,11,16-17H,6-10,12-15H2,1-3H3,(H,23,24). The van der Waals surface area contributed by atoms with E-state index in [9.17, 15) is 0 Å². The van der Waals surface area contributed by atoms with Gasteiger partial charge in [-0.1, -0.05) is 19.9 Å². The number of likely N-dealkylation sites (tertiary alicyclic amines) is 1. The molecule has 1 aromatic carbocycles. The van der Waals surface area contributed by atoms with Gasteiger partial charge in [-0.3, -0.25) is 4.99 Å². The third kappa shape index (κ3) is 3.93. The van der Waals surface area contributed by atoms with Gasteiger partial charge in [0.05, 0.1) is 0 Å². The van der Waals surface area contributed by atoms with E-state index in [1.54, 1.807) is 0 Å². The first-order valence-electron chi connectivity index (χ1n) is 10.5. The topological polar surface area (TPSA) is 55.3 Å². The van der Waals surface area contributed by atoms with Crippen LogP contribution in [0.15, 0.2) is 23.2 Å². The van der Waals surface area contributed by atoms with E-state index < -0.39 is 0 Å². The molecular weight excluding hydrogens is 354 g/mol. The van der Waals surface area contributed by atoms with Gasteiger partial charge in [-0.15, -0.1) is 0 Å². The van der Waals surface area contributed by atoms with Crippen LogP contribution in [0, 0.1) is 11.8 Å². The zero-order chi connectivity index (χ0) is 19.6. The molecule has 0 amide bonds. The Kier molecular flexibility index (Phi) is 5.67. The Morgan fingerprint density at radius 1 is 1.14 bits per heavy atom. The van der Waals surface area contributed by atoms with Crippen LogP contribution in [0.4, 0.5) is 0 Å². The van der Waals surface area contributed by atoms with E-state index in [0.29, 0.717) is 18.6 Å². The fourth-order valence-electron chi connectivity index (χ4n) is 4.97. The van der Waals surface area contributed by atoms with Crippen LogP contribution in [0.1, 0.15) is 38.7 Å². The first kappa shape index (κ1) is 19.4. The number of rotatable bonds is 3. The van der Waals surface area contributed by atoms with Crippen LogP contribution in [0.5, 0.6) is 11.5 Å². The highest BCUT2D eigenvalue weighted by atomic mass is 16.7. The molecule has 6 heteroatoms. The molecule has 0 spiro atoms. The van der Waals surface area contributed by atoms with Crippen LogP contribution in [0.2, 0.25) is 0 Å². The third-order valence-corrected chi connectivity index (χ3v) is 6.40. The van der Waals surface area contributed by atoms with E-state index in [0.717, 1.165) is 63.1 Å². The fraction of sp³-hybridized carbons (Fsp3) is 0.682. The van der Waals surface area contributed by atoms with Gasteiger partial charge in [0.25, 0.3) is 0 Å². The number of nitrogens with zero attached hydrogens (tertiary/aromatic N) is 2. The van der Waals surface area contributed by atoms with Crippen molar-refractivity contribution >= 4 is 5.96 Å². The van der Waals surface area contributed by atoms with Crippen molar-refractivity contribution in [2.24, 2.45) is 16.8 Å². The highest BCUT2D eigenvalue weighted by Gasteiger charge is 2.36. The summed E-state index contributed by atoms with van der Waals surface area (Å²) in [5, 5.41) is 3.71. The van der Waals surface area contributed by atoms with Crippen LogP contribution >= 0.6 is 0 Å². The molecule has 3 heterocycles. The second-order valence-corrected chi connectivity index (χ2v) is 8.71. The van der Waals surface area contributed by atoms with Crippen molar-refractivity contribution in [2.75, 3.05) is 46.7 Å². The molecule has 0 saturated carbocycles. The van der Waals surface area contributed by atoms with Gasteiger partial charge in [0, 0.05) is 45.3 Å². The Balaban J connectivity index is 1.52. The average molecular weight is 388 g/mol. The summed E-state index contributed by atoms with van der Waals surface area (Å²) in [6.07, 6.45) is 3.28. The van der Waals surface area contributed by atoms with E-state index in [1.807, 2.05) is 13.1 Å². The summed E-state index contributed by atoms with van der Waals surface area (Å²) in [4.78, 5) is 7.03. The second kappa shape index (κ2) is 8.19. The van der Waals surface area contributed by atoms with Crippen molar-refractivity contribution in [3.8, 4) is 11.5 Å². The van der Waals surface area contributed by atoms with Crippen molar-refractivity contribution in [3.05, 3.63) is 23.8 Å². The van der Waals surface area contributed by atoms with Crippen LogP contribution < -0.4 is 14.8 Å². The number of hydrogen-bond acceptors (Lipinski definition) is 4. The van der Waals surface area contributed by atoms with Gasteiger partial charge in [-0.05, 0) is 48.8 Å². The lowest BCUT2D eigenvalue weighted by atomic mass is 9.74. The summed E-state index contributed by atoms with van der Waals surface area (Å²) < 4.78 is 16.8. The van der Waals surface area contributed by atoms with Crippen molar-refractivity contribution in [1.29, 1.82) is 0 Å². The maximum Gasteiger partial charge on any atom is 0.231 e. The van der Waals surface area contributed by atoms with Gasteiger partial charge in [0.2, 0.25) is 6.79 Å². The lowest BCUT2D eigenvalue weighted by Gasteiger charge is -2.41. The fourth-order valence-corrected chi connectivity index (χ4v) is 4.97. The second-order valence-electron chi connectivity index (χ2n) is 8.71. The normalized spacial score (nSPS) is 27.0. The number of benzene rings is 1. The molecule has 1 N–H and O–H groups in total. The number of hydrogen-bond donors (Lipinski definition) is 1. The molecule has 6 nitrogen and oxygen atoms in total. The highest BCUT2D eigenvalue weighted by Crippen LogP contribution is 2.40. The number of guanidine groups is 1. The minimum atomic E-state index is 0.0161. The Morgan fingerprint density at radius 2 is 1.86 bits per heavy atom. The Bertz CT molecular complexity index is 705. The molecule has 0 aromatic heterocycles. The quantitative estimate of drug-likeness (QED) is 0.638. The molecule has 0 radical (unpaired) electrons. The average Bonchev–Trinajstić information content (AvgIpc) is 3.16. The third-order valence-electron chi connectivity index (χ3n) is 6.40. The smallest absolute Gasteiger partial charge is 0.231 e. The minimum absolute atomic E-state index is 0.0161. The predicted octanol–water partition coefficient (Wildman–Crippen LogP) is 3.02.